The molecule has 0 atom stereocenters. The van der Waals surface area contributed by atoms with Gasteiger partial charge in [0.25, 0.3) is 0 Å². The molecule has 0 aliphatic carbocycles. The molecule has 0 unspecified atom stereocenters. The van der Waals surface area contributed by atoms with Gasteiger partial charge in [0.2, 0.25) is 0 Å². The second-order valence-corrected chi connectivity index (χ2v) is 3.66. The topological polar surface area (TPSA) is 80.3 Å². The first-order valence-corrected chi connectivity index (χ1v) is 6.21. The molecule has 0 rings (SSSR count). The van der Waals surface area contributed by atoms with Crippen LogP contribution < -0.4 is 10.2 Å². The van der Waals surface area contributed by atoms with Crippen molar-refractivity contribution in [3.63, 3.8) is 0 Å². The molecular weight excluding hydrogens is 256 g/mol. The Labute approximate surface area is 131 Å². The van der Waals surface area contributed by atoms with Crippen LogP contribution in [0.5, 0.6) is 0 Å². The van der Waals surface area contributed by atoms with Gasteiger partial charge in [-0.3, -0.25) is 0 Å². The van der Waals surface area contributed by atoms with Crippen LogP contribution in [-0.4, -0.2) is 35.0 Å². The molecule has 0 radical (unpaired) electrons. The van der Waals surface area contributed by atoms with Crippen molar-refractivity contribution in [3.05, 3.63) is 23.3 Å². The van der Waals surface area contributed by atoms with Crippen LogP contribution in [0.25, 0.3) is 0 Å². The molecule has 4 nitrogen and oxygen atoms in total. The third kappa shape index (κ3) is 17.2. The Balaban J connectivity index is -0.000000256. The van der Waals surface area contributed by atoms with Crippen molar-refractivity contribution >= 4 is 35.0 Å². The summed E-state index contributed by atoms with van der Waals surface area (Å²) in [6.07, 6.45) is 5.52. The Morgan fingerprint density at radius 2 is 0.947 bits per heavy atom. The Hall–Kier alpha value is -0.814. The van der Waals surface area contributed by atoms with Gasteiger partial charge in [0.15, 0.2) is 0 Å². The summed E-state index contributed by atoms with van der Waals surface area (Å²) < 4.78 is 0. The van der Waals surface area contributed by atoms with Crippen LogP contribution in [0.4, 0.5) is 0 Å². The van der Waals surface area contributed by atoms with Gasteiger partial charge in [-0.15, -0.1) is 0 Å². The van der Waals surface area contributed by atoms with Crippen molar-refractivity contribution in [1.29, 1.82) is 0 Å². The molecule has 0 spiro atoms. The molecule has 0 amide bonds. The quantitative estimate of drug-likeness (QED) is 0.526. The van der Waals surface area contributed by atoms with Gasteiger partial charge in [0.1, 0.15) is 0 Å². The molecule has 0 aromatic carbocycles. The van der Waals surface area contributed by atoms with Crippen molar-refractivity contribution in [2.75, 3.05) is 0 Å². The predicted octanol–water partition coefficient (Wildman–Crippen LogP) is 0.585. The summed E-state index contributed by atoms with van der Waals surface area (Å²) in [7, 11) is 0. The van der Waals surface area contributed by atoms with Gasteiger partial charge >= 0.3 is 23.1 Å². The first-order valence-electron chi connectivity index (χ1n) is 6.21. The number of carboxylic acids is 2. The molecule has 0 fully saturated rings. The molecule has 0 aliphatic rings. The molecule has 0 aromatic heterocycles. The number of carbonyl (C=O) groups excluding carboxylic acids is 2. The van der Waals surface area contributed by atoms with E-state index in [1.165, 1.54) is 12.2 Å². The van der Waals surface area contributed by atoms with Gasteiger partial charge in [-0.05, 0) is 37.8 Å². The van der Waals surface area contributed by atoms with E-state index >= 15 is 0 Å². The number of hydrogen-bond donors (Lipinski definition) is 0. The van der Waals surface area contributed by atoms with Gasteiger partial charge in [0, 0.05) is 0 Å². The van der Waals surface area contributed by atoms with Crippen LogP contribution in [-0.2, 0) is 9.59 Å². The molecular formula is C14H22MgO4. The van der Waals surface area contributed by atoms with Gasteiger partial charge in [0.05, 0.1) is 11.9 Å². The average molecular weight is 279 g/mol. The molecule has 19 heavy (non-hydrogen) atoms. The van der Waals surface area contributed by atoms with E-state index in [0.29, 0.717) is 0 Å². The maximum Gasteiger partial charge on any atom is 2.00 e. The van der Waals surface area contributed by atoms with Gasteiger partial charge in [-0.25, -0.2) is 0 Å². The molecule has 0 N–H and O–H groups in total. The zero-order valence-corrected chi connectivity index (χ0v) is 13.7. The summed E-state index contributed by atoms with van der Waals surface area (Å²) in [4.78, 5) is 19.9. The number of rotatable bonds is 6. The van der Waals surface area contributed by atoms with Gasteiger partial charge < -0.3 is 19.8 Å². The zero-order chi connectivity index (χ0) is 14.6. The maximum atomic E-state index is 9.94. The van der Waals surface area contributed by atoms with Crippen LogP contribution in [0, 0.1) is 0 Å². The maximum absolute atomic E-state index is 9.94. The second-order valence-electron chi connectivity index (χ2n) is 3.66. The van der Waals surface area contributed by atoms with Crippen LogP contribution in [0.2, 0.25) is 0 Å². The molecule has 0 aliphatic heterocycles. The fourth-order valence-corrected chi connectivity index (χ4v) is 1.24. The standard InChI is InChI=1S/2C7H12O2.Mg/c2*1-3-6(4-2)5-7(8)9;/h2*5H,3-4H2,1-2H3,(H,8,9);/q;;+2/p-2. The van der Waals surface area contributed by atoms with Crippen molar-refractivity contribution in [2.24, 2.45) is 0 Å². The Kier molecular flexibility index (Phi) is 18.7. The fraction of sp³-hybridized carbons (Fsp3) is 0.571. The largest absolute Gasteiger partial charge is 2.00 e. The van der Waals surface area contributed by atoms with E-state index in [-0.39, 0.29) is 23.1 Å². The minimum absolute atomic E-state index is 0. The molecule has 0 bridgehead atoms. The summed E-state index contributed by atoms with van der Waals surface area (Å²) in [6, 6.07) is 0. The summed E-state index contributed by atoms with van der Waals surface area (Å²) in [6.45, 7) is 7.72. The monoisotopic (exact) mass is 278 g/mol. The molecule has 0 saturated carbocycles. The van der Waals surface area contributed by atoms with Gasteiger partial charge in [-0.1, -0.05) is 38.8 Å². The van der Waals surface area contributed by atoms with Crippen molar-refractivity contribution in [2.45, 2.75) is 53.4 Å². The van der Waals surface area contributed by atoms with Crippen molar-refractivity contribution in [1.82, 2.24) is 0 Å². The van der Waals surface area contributed by atoms with E-state index in [0.717, 1.165) is 36.8 Å². The summed E-state index contributed by atoms with van der Waals surface area (Å²) in [5, 5.41) is 19.9. The van der Waals surface area contributed by atoms with Crippen LogP contribution >= 0.6 is 0 Å². The van der Waals surface area contributed by atoms with E-state index in [4.69, 9.17) is 0 Å². The third-order valence-electron chi connectivity index (χ3n) is 2.46. The molecule has 0 saturated heterocycles. The Bertz CT molecular complexity index is 275. The molecule has 0 aromatic rings. The zero-order valence-electron chi connectivity index (χ0n) is 12.3. The van der Waals surface area contributed by atoms with E-state index in [2.05, 4.69) is 0 Å². The fourth-order valence-electron chi connectivity index (χ4n) is 1.24. The van der Waals surface area contributed by atoms with E-state index in [1.807, 2.05) is 27.7 Å². The smallest absolute Gasteiger partial charge is 0.545 e. The summed E-state index contributed by atoms with van der Waals surface area (Å²) >= 11 is 0. The van der Waals surface area contributed by atoms with Gasteiger partial charge in [-0.2, -0.15) is 0 Å². The number of aliphatic carboxylic acids is 2. The van der Waals surface area contributed by atoms with Crippen molar-refractivity contribution < 1.29 is 19.8 Å². The minimum Gasteiger partial charge on any atom is -0.545 e. The van der Waals surface area contributed by atoms with Crippen LogP contribution in [0.3, 0.4) is 0 Å². The van der Waals surface area contributed by atoms with Crippen LogP contribution in [0.15, 0.2) is 23.3 Å². The van der Waals surface area contributed by atoms with E-state index < -0.39 is 11.9 Å². The Morgan fingerprint density at radius 3 is 1.00 bits per heavy atom. The number of hydrogen-bond acceptors (Lipinski definition) is 4. The first kappa shape index (κ1) is 23.3. The normalized spacial score (nSPS) is 8.21. The summed E-state index contributed by atoms with van der Waals surface area (Å²) in [5.74, 6) is -2.18. The number of allylic oxidation sites excluding steroid dienone is 2. The van der Waals surface area contributed by atoms with E-state index in [9.17, 15) is 19.8 Å². The average Bonchev–Trinajstić information content (AvgIpc) is 2.33. The second kappa shape index (κ2) is 15.2. The molecule has 5 heteroatoms. The van der Waals surface area contributed by atoms with E-state index in [1.54, 1.807) is 0 Å². The number of carbonyl (C=O) groups is 2. The predicted molar refractivity (Wildman–Crippen MR) is 73.1 cm³/mol. The van der Waals surface area contributed by atoms with Crippen LogP contribution in [0.1, 0.15) is 53.4 Å². The summed E-state index contributed by atoms with van der Waals surface area (Å²) in [5.41, 5.74) is 1.85. The Morgan fingerprint density at radius 1 is 0.737 bits per heavy atom. The SMILES string of the molecule is CCC(=CC(=O)[O-])CC.CCC(=CC(=O)[O-])CC.[Mg+2]. The minimum atomic E-state index is -1.09. The third-order valence-corrected chi connectivity index (χ3v) is 2.46. The van der Waals surface area contributed by atoms with Crippen molar-refractivity contribution in [3.8, 4) is 0 Å². The molecule has 104 valence electrons. The first-order chi connectivity index (χ1) is 8.40. The molecule has 0 heterocycles. The number of carboxylic acid groups (broad SMARTS) is 2.